The average Bonchev–Trinajstić information content (AvgIpc) is 3.26. The first-order chi connectivity index (χ1) is 13.6. The zero-order valence-electron chi connectivity index (χ0n) is 16.2. The van der Waals surface area contributed by atoms with Crippen LogP contribution in [-0.2, 0) is 17.9 Å². The Morgan fingerprint density at radius 1 is 1.21 bits per heavy atom. The average molecular weight is 386 g/mol. The van der Waals surface area contributed by atoms with Gasteiger partial charge in [-0.1, -0.05) is 6.07 Å². The number of ether oxygens (including phenoxy) is 3. The minimum atomic E-state index is -0.417. The molecule has 0 spiro atoms. The van der Waals surface area contributed by atoms with Crippen LogP contribution < -0.4 is 14.8 Å². The van der Waals surface area contributed by atoms with Crippen LogP contribution in [0.25, 0.3) is 0 Å². The molecule has 0 bridgehead atoms. The first-order valence-electron chi connectivity index (χ1n) is 9.45. The molecule has 0 radical (unpaired) electrons. The van der Waals surface area contributed by atoms with E-state index in [4.69, 9.17) is 14.2 Å². The molecule has 1 saturated heterocycles. The zero-order valence-corrected chi connectivity index (χ0v) is 16.2. The summed E-state index contributed by atoms with van der Waals surface area (Å²) >= 11 is 0. The smallest absolute Gasteiger partial charge is 0.269 e. The number of rotatable bonds is 9. The number of nitrogens with one attached hydrogen (secondary N) is 1. The van der Waals surface area contributed by atoms with Crippen molar-refractivity contribution < 1.29 is 19.1 Å². The molecule has 1 aliphatic rings. The standard InChI is InChI=1S/C21H26N2O5/c1-15(19-4-3-11-27-19)22-13-17-7-10-20(21(12-17)26-2)28-14-16-5-8-18(9-6-16)23(24)25/h5-10,12,15,19,22H,3-4,11,13-14H2,1-2H3. The maximum absolute atomic E-state index is 10.7. The molecule has 1 heterocycles. The fourth-order valence-corrected chi connectivity index (χ4v) is 3.22. The van der Waals surface area contributed by atoms with Gasteiger partial charge in [-0.25, -0.2) is 0 Å². The SMILES string of the molecule is COc1cc(CNC(C)C2CCCO2)ccc1OCc1ccc([N+](=O)[O-])cc1. The van der Waals surface area contributed by atoms with Crippen LogP contribution in [0.15, 0.2) is 42.5 Å². The number of hydrogen-bond donors (Lipinski definition) is 1. The van der Waals surface area contributed by atoms with Crippen molar-refractivity contribution in [2.24, 2.45) is 0 Å². The second-order valence-corrected chi connectivity index (χ2v) is 6.92. The van der Waals surface area contributed by atoms with Crippen LogP contribution in [0, 0.1) is 10.1 Å². The third kappa shape index (κ3) is 5.21. The molecule has 0 amide bonds. The van der Waals surface area contributed by atoms with Gasteiger partial charge in [-0.3, -0.25) is 10.1 Å². The van der Waals surface area contributed by atoms with Crippen molar-refractivity contribution in [3.8, 4) is 11.5 Å². The Hall–Kier alpha value is -2.64. The molecule has 1 fully saturated rings. The van der Waals surface area contributed by atoms with E-state index in [0.717, 1.165) is 37.1 Å². The topological polar surface area (TPSA) is 82.9 Å². The predicted molar refractivity (Wildman–Crippen MR) is 106 cm³/mol. The van der Waals surface area contributed by atoms with Gasteiger partial charge in [0, 0.05) is 31.3 Å². The van der Waals surface area contributed by atoms with E-state index in [1.807, 2.05) is 18.2 Å². The highest BCUT2D eigenvalue weighted by atomic mass is 16.6. The molecule has 2 atom stereocenters. The molecular weight excluding hydrogens is 360 g/mol. The van der Waals surface area contributed by atoms with Crippen molar-refractivity contribution >= 4 is 5.69 Å². The lowest BCUT2D eigenvalue weighted by Crippen LogP contribution is -2.36. The molecule has 0 saturated carbocycles. The van der Waals surface area contributed by atoms with E-state index >= 15 is 0 Å². The van der Waals surface area contributed by atoms with Gasteiger partial charge >= 0.3 is 0 Å². The van der Waals surface area contributed by atoms with Crippen molar-refractivity contribution in [2.45, 2.75) is 45.1 Å². The van der Waals surface area contributed by atoms with Crippen molar-refractivity contribution in [1.82, 2.24) is 5.32 Å². The van der Waals surface area contributed by atoms with E-state index in [0.29, 0.717) is 24.1 Å². The van der Waals surface area contributed by atoms with Gasteiger partial charge in [0.1, 0.15) is 6.61 Å². The molecule has 7 heteroatoms. The first-order valence-corrected chi connectivity index (χ1v) is 9.45. The number of nitro benzene ring substituents is 1. The van der Waals surface area contributed by atoms with Gasteiger partial charge in [-0.2, -0.15) is 0 Å². The van der Waals surface area contributed by atoms with E-state index in [9.17, 15) is 10.1 Å². The quantitative estimate of drug-likeness (QED) is 0.521. The first kappa shape index (κ1) is 20.1. The van der Waals surface area contributed by atoms with Gasteiger partial charge in [0.25, 0.3) is 5.69 Å². The summed E-state index contributed by atoms with van der Waals surface area (Å²) in [4.78, 5) is 10.3. The molecule has 0 aliphatic carbocycles. The van der Waals surface area contributed by atoms with Gasteiger partial charge in [0.15, 0.2) is 11.5 Å². The monoisotopic (exact) mass is 386 g/mol. The minimum Gasteiger partial charge on any atom is -0.493 e. The molecule has 150 valence electrons. The van der Waals surface area contributed by atoms with Crippen LogP contribution >= 0.6 is 0 Å². The summed E-state index contributed by atoms with van der Waals surface area (Å²) in [7, 11) is 1.61. The summed E-state index contributed by atoms with van der Waals surface area (Å²) in [6, 6.07) is 12.5. The van der Waals surface area contributed by atoms with Crippen molar-refractivity contribution in [3.63, 3.8) is 0 Å². The summed E-state index contributed by atoms with van der Waals surface area (Å²) < 4.78 is 17.0. The highest BCUT2D eigenvalue weighted by Gasteiger charge is 2.21. The van der Waals surface area contributed by atoms with Gasteiger partial charge < -0.3 is 19.5 Å². The van der Waals surface area contributed by atoms with Crippen LogP contribution in [-0.4, -0.2) is 30.8 Å². The van der Waals surface area contributed by atoms with Crippen molar-refractivity contribution in [2.75, 3.05) is 13.7 Å². The fourth-order valence-electron chi connectivity index (χ4n) is 3.22. The maximum atomic E-state index is 10.7. The van der Waals surface area contributed by atoms with Gasteiger partial charge in [-0.05, 0) is 55.2 Å². The number of hydrogen-bond acceptors (Lipinski definition) is 6. The highest BCUT2D eigenvalue weighted by Crippen LogP contribution is 2.29. The Labute approximate surface area is 164 Å². The molecule has 2 unspecified atom stereocenters. The van der Waals surface area contributed by atoms with Crippen molar-refractivity contribution in [1.29, 1.82) is 0 Å². The molecule has 7 nitrogen and oxygen atoms in total. The Balaban J connectivity index is 1.57. The lowest BCUT2D eigenvalue weighted by Gasteiger charge is -2.20. The number of non-ortho nitro benzene ring substituents is 1. The molecule has 28 heavy (non-hydrogen) atoms. The van der Waals surface area contributed by atoms with Gasteiger partial charge in [0.2, 0.25) is 0 Å². The summed E-state index contributed by atoms with van der Waals surface area (Å²) in [5.41, 5.74) is 2.02. The maximum Gasteiger partial charge on any atom is 0.269 e. The molecule has 2 aromatic carbocycles. The number of nitro groups is 1. The third-order valence-corrected chi connectivity index (χ3v) is 4.92. The van der Waals surface area contributed by atoms with Crippen LogP contribution in [0.4, 0.5) is 5.69 Å². The van der Waals surface area contributed by atoms with E-state index in [1.54, 1.807) is 19.2 Å². The lowest BCUT2D eigenvalue weighted by atomic mass is 10.1. The normalized spacial score (nSPS) is 17.3. The fraction of sp³-hybridized carbons (Fsp3) is 0.429. The van der Waals surface area contributed by atoms with E-state index in [1.165, 1.54) is 12.1 Å². The van der Waals surface area contributed by atoms with Crippen LogP contribution in [0.1, 0.15) is 30.9 Å². The summed E-state index contributed by atoms with van der Waals surface area (Å²) in [5, 5.41) is 14.2. The molecule has 3 rings (SSSR count). The Bertz CT molecular complexity index is 788. The Kier molecular flexibility index (Phi) is 6.84. The second kappa shape index (κ2) is 9.52. The van der Waals surface area contributed by atoms with Crippen LogP contribution in [0.5, 0.6) is 11.5 Å². The Morgan fingerprint density at radius 2 is 1.96 bits per heavy atom. The molecular formula is C21H26N2O5. The third-order valence-electron chi connectivity index (χ3n) is 4.92. The molecule has 1 N–H and O–H groups in total. The molecule has 0 aromatic heterocycles. The zero-order chi connectivity index (χ0) is 19.9. The second-order valence-electron chi connectivity index (χ2n) is 6.92. The summed E-state index contributed by atoms with van der Waals surface area (Å²) in [6.07, 6.45) is 2.52. The van der Waals surface area contributed by atoms with Crippen LogP contribution in [0.2, 0.25) is 0 Å². The predicted octanol–water partition coefficient (Wildman–Crippen LogP) is 3.84. The number of benzene rings is 2. The van der Waals surface area contributed by atoms with Gasteiger partial charge in [0.05, 0.1) is 18.1 Å². The summed E-state index contributed by atoms with van der Waals surface area (Å²) in [6.45, 7) is 4.03. The minimum absolute atomic E-state index is 0.0652. The Morgan fingerprint density at radius 3 is 2.61 bits per heavy atom. The lowest BCUT2D eigenvalue weighted by molar-refractivity contribution is -0.384. The van der Waals surface area contributed by atoms with Crippen molar-refractivity contribution in [3.05, 3.63) is 63.7 Å². The number of methoxy groups -OCH3 is 1. The number of nitrogens with zero attached hydrogens (tertiary/aromatic N) is 1. The molecule has 2 aromatic rings. The van der Waals surface area contributed by atoms with Crippen LogP contribution in [0.3, 0.4) is 0 Å². The van der Waals surface area contributed by atoms with Gasteiger partial charge in [-0.15, -0.1) is 0 Å². The molecule has 1 aliphatic heterocycles. The van der Waals surface area contributed by atoms with E-state index in [2.05, 4.69) is 12.2 Å². The van der Waals surface area contributed by atoms with E-state index in [-0.39, 0.29) is 11.8 Å². The summed E-state index contributed by atoms with van der Waals surface area (Å²) in [5.74, 6) is 1.29. The van der Waals surface area contributed by atoms with E-state index < -0.39 is 4.92 Å². The highest BCUT2D eigenvalue weighted by molar-refractivity contribution is 5.43. The largest absolute Gasteiger partial charge is 0.493 e.